The van der Waals surface area contributed by atoms with Crippen LogP contribution in [0.25, 0.3) is 0 Å². The van der Waals surface area contributed by atoms with Gasteiger partial charge in [-0.2, -0.15) is 0 Å². The van der Waals surface area contributed by atoms with Crippen LogP contribution in [0.1, 0.15) is 31.6 Å². The summed E-state index contributed by atoms with van der Waals surface area (Å²) in [5.41, 5.74) is 0. The second-order valence-electron chi connectivity index (χ2n) is 6.57. The Bertz CT molecular complexity index is 817. The third-order valence-corrected chi connectivity index (χ3v) is 5.70. The third kappa shape index (κ3) is 4.63. The highest BCUT2D eigenvalue weighted by molar-refractivity contribution is 7.89. The average Bonchev–Trinajstić information content (AvgIpc) is 3.10. The van der Waals surface area contributed by atoms with Crippen LogP contribution < -0.4 is 9.88 Å². The van der Waals surface area contributed by atoms with E-state index >= 15 is 0 Å². The second-order valence-corrected chi connectivity index (χ2v) is 8.13. The smallest absolute Gasteiger partial charge is 0.238 e. The zero-order chi connectivity index (χ0) is 18.6. The molecule has 1 saturated heterocycles. The topological polar surface area (TPSA) is 90.4 Å². The summed E-state index contributed by atoms with van der Waals surface area (Å²) < 4.78 is 30.6. The van der Waals surface area contributed by atoms with E-state index in [2.05, 4.69) is 27.6 Å². The zero-order valence-electron chi connectivity index (χ0n) is 15.0. The Kier molecular flexibility index (Phi) is 5.95. The van der Waals surface area contributed by atoms with E-state index in [1.807, 2.05) is 6.20 Å². The minimum Gasteiger partial charge on any atom is -0.492 e. The number of aryl methyl sites for hydroxylation is 1. The number of nitrogens with two attached hydrogens (primary N) is 1. The highest BCUT2D eigenvalue weighted by Crippen LogP contribution is 2.23. The number of nitrogens with zero attached hydrogens (tertiary/aromatic N) is 3. The summed E-state index contributed by atoms with van der Waals surface area (Å²) in [6, 6.07) is 6.67. The molecule has 7 nitrogen and oxygen atoms in total. The molecule has 1 atom stereocenters. The molecule has 0 spiro atoms. The molecule has 1 aromatic carbocycles. The minimum atomic E-state index is -3.66. The average molecular weight is 378 g/mol. The monoisotopic (exact) mass is 378 g/mol. The number of hydrogen-bond acceptors (Lipinski definition) is 5. The van der Waals surface area contributed by atoms with Crippen molar-refractivity contribution in [2.24, 2.45) is 5.14 Å². The first-order valence-corrected chi connectivity index (χ1v) is 10.5. The van der Waals surface area contributed by atoms with Crippen molar-refractivity contribution in [1.29, 1.82) is 0 Å². The van der Waals surface area contributed by atoms with Gasteiger partial charge in [-0.25, -0.2) is 18.5 Å². The first-order valence-electron chi connectivity index (χ1n) is 8.97. The lowest BCUT2D eigenvalue weighted by Gasteiger charge is -2.34. The van der Waals surface area contributed by atoms with Crippen LogP contribution in [-0.4, -0.2) is 49.1 Å². The van der Waals surface area contributed by atoms with Crippen LogP contribution in [0.4, 0.5) is 0 Å². The molecule has 8 heteroatoms. The molecule has 1 aliphatic rings. The van der Waals surface area contributed by atoms with Gasteiger partial charge in [0.1, 0.15) is 18.2 Å². The van der Waals surface area contributed by atoms with Crippen LogP contribution in [-0.2, 0) is 16.4 Å². The molecule has 1 aliphatic heterocycles. The van der Waals surface area contributed by atoms with Gasteiger partial charge in [0.2, 0.25) is 10.0 Å². The number of likely N-dealkylation sites (tertiary alicyclic amines) is 1. The van der Waals surface area contributed by atoms with E-state index in [1.165, 1.54) is 18.6 Å². The molecular weight excluding hydrogens is 352 g/mol. The molecule has 1 aromatic heterocycles. The van der Waals surface area contributed by atoms with Crippen molar-refractivity contribution < 1.29 is 13.2 Å². The maximum Gasteiger partial charge on any atom is 0.238 e. The Morgan fingerprint density at radius 2 is 2.08 bits per heavy atom. The van der Waals surface area contributed by atoms with Crippen molar-refractivity contribution in [3.05, 3.63) is 42.5 Å². The second kappa shape index (κ2) is 8.20. The summed E-state index contributed by atoms with van der Waals surface area (Å²) in [6.45, 7) is 5.60. The van der Waals surface area contributed by atoms with Crippen molar-refractivity contribution in [1.82, 2.24) is 14.5 Å². The van der Waals surface area contributed by atoms with Crippen LogP contribution in [0.3, 0.4) is 0 Å². The van der Waals surface area contributed by atoms with Crippen LogP contribution in [0.5, 0.6) is 5.75 Å². The maximum atomic E-state index is 11.3. The van der Waals surface area contributed by atoms with Gasteiger partial charge in [-0.3, -0.25) is 4.90 Å². The highest BCUT2D eigenvalue weighted by atomic mass is 32.2. The number of aromatic nitrogens is 2. The Morgan fingerprint density at radius 1 is 1.31 bits per heavy atom. The Morgan fingerprint density at radius 3 is 2.77 bits per heavy atom. The summed E-state index contributed by atoms with van der Waals surface area (Å²) in [5, 5.41) is 5.10. The fourth-order valence-corrected chi connectivity index (χ4v) is 3.95. The maximum absolute atomic E-state index is 11.3. The van der Waals surface area contributed by atoms with Crippen molar-refractivity contribution in [2.45, 2.75) is 37.1 Å². The fraction of sp³-hybridized carbons (Fsp3) is 0.500. The normalized spacial score (nSPS) is 18.8. The molecule has 0 aliphatic carbocycles. The van der Waals surface area contributed by atoms with Gasteiger partial charge in [0.05, 0.1) is 4.90 Å². The number of sulfonamides is 1. The molecule has 26 heavy (non-hydrogen) atoms. The van der Waals surface area contributed by atoms with E-state index in [-0.39, 0.29) is 4.90 Å². The van der Waals surface area contributed by atoms with E-state index < -0.39 is 10.0 Å². The van der Waals surface area contributed by atoms with Crippen molar-refractivity contribution >= 4 is 10.0 Å². The summed E-state index contributed by atoms with van der Waals surface area (Å²) in [6.07, 6.45) is 7.24. The molecule has 2 N–H and O–H groups in total. The first-order chi connectivity index (χ1) is 12.5. The van der Waals surface area contributed by atoms with E-state index in [1.54, 1.807) is 12.1 Å². The van der Waals surface area contributed by atoms with Crippen LogP contribution in [0, 0.1) is 0 Å². The lowest BCUT2D eigenvalue weighted by atomic mass is 10.1. The van der Waals surface area contributed by atoms with Gasteiger partial charge >= 0.3 is 0 Å². The van der Waals surface area contributed by atoms with Gasteiger partial charge in [0.25, 0.3) is 0 Å². The zero-order valence-corrected chi connectivity index (χ0v) is 15.9. The van der Waals surface area contributed by atoms with Gasteiger partial charge in [0, 0.05) is 37.9 Å². The third-order valence-electron chi connectivity index (χ3n) is 4.77. The number of rotatable bonds is 7. The molecule has 1 fully saturated rings. The predicted molar refractivity (Wildman–Crippen MR) is 99.6 cm³/mol. The van der Waals surface area contributed by atoms with Crippen molar-refractivity contribution in [3.63, 3.8) is 0 Å². The van der Waals surface area contributed by atoms with Gasteiger partial charge in [0.15, 0.2) is 0 Å². The summed E-state index contributed by atoms with van der Waals surface area (Å²) >= 11 is 0. The van der Waals surface area contributed by atoms with E-state index in [0.717, 1.165) is 38.3 Å². The quantitative estimate of drug-likeness (QED) is 0.793. The van der Waals surface area contributed by atoms with Crippen molar-refractivity contribution in [2.75, 3.05) is 26.2 Å². The molecule has 0 bridgehead atoms. The SMILES string of the molecule is CCc1nccn1C1CCCN(CCOc2ccc(S(N)(=O)=O)cc2)C1. The number of imidazole rings is 1. The summed E-state index contributed by atoms with van der Waals surface area (Å²) in [4.78, 5) is 6.93. The largest absolute Gasteiger partial charge is 0.492 e. The van der Waals surface area contributed by atoms with E-state index in [0.29, 0.717) is 18.4 Å². The number of piperidine rings is 1. The summed E-state index contributed by atoms with van der Waals surface area (Å²) in [5.74, 6) is 1.79. The molecule has 2 aromatic rings. The van der Waals surface area contributed by atoms with Crippen LogP contribution in [0.15, 0.2) is 41.6 Å². The van der Waals surface area contributed by atoms with E-state index in [9.17, 15) is 8.42 Å². The van der Waals surface area contributed by atoms with Gasteiger partial charge in [-0.05, 0) is 43.7 Å². The molecule has 142 valence electrons. The highest BCUT2D eigenvalue weighted by Gasteiger charge is 2.22. The predicted octanol–water partition coefficient (Wildman–Crippen LogP) is 1.81. The Labute approximate surface area is 154 Å². The molecule has 0 amide bonds. The minimum absolute atomic E-state index is 0.0933. The van der Waals surface area contributed by atoms with E-state index in [4.69, 9.17) is 9.88 Å². The van der Waals surface area contributed by atoms with Crippen molar-refractivity contribution in [3.8, 4) is 5.75 Å². The molecule has 2 heterocycles. The molecular formula is C18H26N4O3S. The molecule has 0 saturated carbocycles. The van der Waals surface area contributed by atoms with Gasteiger partial charge in [-0.15, -0.1) is 0 Å². The lowest BCUT2D eigenvalue weighted by Crippen LogP contribution is -2.39. The Hall–Kier alpha value is -1.90. The van der Waals surface area contributed by atoms with Gasteiger partial charge < -0.3 is 9.30 Å². The first kappa shape index (κ1) is 18.9. The standard InChI is InChI=1S/C18H26N4O3S/c1-2-18-20-9-11-22(18)15-4-3-10-21(14-15)12-13-25-16-5-7-17(8-6-16)26(19,23)24/h5-9,11,15H,2-4,10,12-14H2,1H3,(H2,19,23,24). The van der Waals surface area contributed by atoms with Crippen LogP contribution >= 0.6 is 0 Å². The molecule has 1 unspecified atom stereocenters. The Balaban J connectivity index is 1.50. The number of hydrogen-bond donors (Lipinski definition) is 1. The van der Waals surface area contributed by atoms with Crippen LogP contribution in [0.2, 0.25) is 0 Å². The summed E-state index contributed by atoms with van der Waals surface area (Å²) in [7, 11) is -3.66. The number of primary sulfonamides is 1. The number of ether oxygens (including phenoxy) is 1. The molecule has 0 radical (unpaired) electrons. The fourth-order valence-electron chi connectivity index (χ4n) is 3.43. The molecule has 3 rings (SSSR count). The lowest BCUT2D eigenvalue weighted by molar-refractivity contribution is 0.148. The number of benzene rings is 1. The van der Waals surface area contributed by atoms with Gasteiger partial charge in [-0.1, -0.05) is 6.92 Å².